The molecule has 3 aliphatic carbocycles. The van der Waals surface area contributed by atoms with E-state index in [0.29, 0.717) is 11.8 Å². The van der Waals surface area contributed by atoms with E-state index in [1.807, 2.05) is 0 Å². The standard InChI is InChI=1S/C22H18/c1-3-7-15(8-4-1)19-13-17-11-12-18(19)22-20(14-21(17)22)16-9-5-2-6-10-16/h1-12,19-20H,13-14H2. The van der Waals surface area contributed by atoms with Gasteiger partial charge in [0.1, 0.15) is 0 Å². The molecule has 0 saturated heterocycles. The van der Waals surface area contributed by atoms with Crippen LogP contribution in [0, 0.1) is 0 Å². The first-order valence-corrected chi connectivity index (χ1v) is 8.16. The van der Waals surface area contributed by atoms with Crippen molar-refractivity contribution in [3.8, 4) is 0 Å². The summed E-state index contributed by atoms with van der Waals surface area (Å²) in [4.78, 5) is 0. The fourth-order valence-corrected chi connectivity index (χ4v) is 4.33. The van der Waals surface area contributed by atoms with Crippen molar-refractivity contribution < 1.29 is 0 Å². The lowest BCUT2D eigenvalue weighted by Gasteiger charge is -2.41. The summed E-state index contributed by atoms with van der Waals surface area (Å²) in [6.45, 7) is 0. The predicted octanol–water partition coefficient (Wildman–Crippen LogP) is 5.06. The van der Waals surface area contributed by atoms with E-state index in [9.17, 15) is 0 Å². The first kappa shape index (κ1) is 12.2. The van der Waals surface area contributed by atoms with Crippen LogP contribution in [0.15, 0.2) is 72.8 Å². The quantitative estimate of drug-likeness (QED) is 0.616. The third kappa shape index (κ3) is 1.64. The van der Waals surface area contributed by atoms with Gasteiger partial charge in [0, 0.05) is 11.8 Å². The van der Waals surface area contributed by atoms with Crippen molar-refractivity contribution >= 4 is 0 Å². The molecule has 0 aliphatic heterocycles. The van der Waals surface area contributed by atoms with Crippen LogP contribution in [-0.2, 0) is 12.8 Å². The summed E-state index contributed by atoms with van der Waals surface area (Å²) in [6.07, 6.45) is 2.42. The van der Waals surface area contributed by atoms with Gasteiger partial charge in [0.15, 0.2) is 0 Å². The lowest BCUT2D eigenvalue weighted by atomic mass is 9.62. The van der Waals surface area contributed by atoms with E-state index >= 15 is 0 Å². The average molecular weight is 282 g/mol. The summed E-state index contributed by atoms with van der Waals surface area (Å²) < 4.78 is 0. The van der Waals surface area contributed by atoms with Crippen molar-refractivity contribution in [1.29, 1.82) is 0 Å². The maximum Gasteiger partial charge on any atom is 0.0136 e. The molecular formula is C22H18. The summed E-state index contributed by atoms with van der Waals surface area (Å²) in [6, 6.07) is 26.7. The van der Waals surface area contributed by atoms with Gasteiger partial charge < -0.3 is 0 Å². The van der Waals surface area contributed by atoms with Gasteiger partial charge in [-0.2, -0.15) is 0 Å². The molecular weight excluding hydrogens is 264 g/mol. The Morgan fingerprint density at radius 3 is 1.91 bits per heavy atom. The largest absolute Gasteiger partial charge is 0.0622 e. The van der Waals surface area contributed by atoms with Gasteiger partial charge in [0.2, 0.25) is 0 Å². The van der Waals surface area contributed by atoms with Crippen LogP contribution in [0.2, 0.25) is 0 Å². The molecule has 3 aromatic carbocycles. The smallest absolute Gasteiger partial charge is 0.0136 e. The van der Waals surface area contributed by atoms with E-state index in [4.69, 9.17) is 0 Å². The van der Waals surface area contributed by atoms with E-state index in [2.05, 4.69) is 72.8 Å². The molecule has 0 nitrogen and oxygen atoms in total. The van der Waals surface area contributed by atoms with E-state index in [1.165, 1.54) is 24.0 Å². The molecule has 6 rings (SSSR count). The Hall–Kier alpha value is -2.34. The van der Waals surface area contributed by atoms with Gasteiger partial charge >= 0.3 is 0 Å². The molecule has 0 aromatic heterocycles. The minimum Gasteiger partial charge on any atom is -0.0622 e. The second kappa shape index (κ2) is 4.58. The zero-order valence-electron chi connectivity index (χ0n) is 12.5. The van der Waals surface area contributed by atoms with Gasteiger partial charge in [-0.3, -0.25) is 0 Å². The summed E-state index contributed by atoms with van der Waals surface area (Å²) in [5.74, 6) is 1.17. The van der Waals surface area contributed by atoms with Crippen molar-refractivity contribution in [2.75, 3.05) is 0 Å². The number of hydrogen-bond donors (Lipinski definition) is 0. The van der Waals surface area contributed by atoms with Gasteiger partial charge in [-0.25, -0.2) is 0 Å². The summed E-state index contributed by atoms with van der Waals surface area (Å²) in [5, 5.41) is 0. The Morgan fingerprint density at radius 1 is 0.591 bits per heavy atom. The molecule has 0 spiro atoms. The highest BCUT2D eigenvalue weighted by molar-refractivity contribution is 5.61. The zero-order chi connectivity index (χ0) is 14.5. The normalized spacial score (nSPS) is 21.3. The van der Waals surface area contributed by atoms with Crippen LogP contribution in [0.1, 0.15) is 45.2 Å². The van der Waals surface area contributed by atoms with Gasteiger partial charge in [-0.1, -0.05) is 72.8 Å². The van der Waals surface area contributed by atoms with Crippen molar-refractivity contribution in [2.24, 2.45) is 0 Å². The fourth-order valence-electron chi connectivity index (χ4n) is 4.33. The molecule has 3 aliphatic rings. The molecule has 0 amide bonds. The number of hydrogen-bond acceptors (Lipinski definition) is 0. The molecule has 0 heterocycles. The van der Waals surface area contributed by atoms with Crippen LogP contribution in [0.25, 0.3) is 0 Å². The number of fused-ring (bicyclic) bond motifs is 2. The molecule has 0 heteroatoms. The highest BCUT2D eigenvalue weighted by Crippen LogP contribution is 2.51. The molecule has 2 unspecified atom stereocenters. The third-order valence-corrected chi connectivity index (χ3v) is 5.45. The Balaban J connectivity index is 1.62. The minimum absolute atomic E-state index is 0.562. The highest BCUT2D eigenvalue weighted by Gasteiger charge is 2.38. The zero-order valence-corrected chi connectivity index (χ0v) is 12.5. The molecule has 22 heavy (non-hydrogen) atoms. The van der Waals surface area contributed by atoms with Crippen LogP contribution < -0.4 is 0 Å². The first-order valence-electron chi connectivity index (χ1n) is 8.16. The first-order chi connectivity index (χ1) is 10.9. The Labute approximate surface area is 131 Å². The fraction of sp³-hybridized carbons (Fsp3) is 0.182. The van der Waals surface area contributed by atoms with E-state index < -0.39 is 0 Å². The maximum atomic E-state index is 2.38. The van der Waals surface area contributed by atoms with Crippen molar-refractivity contribution in [2.45, 2.75) is 24.7 Å². The van der Waals surface area contributed by atoms with Gasteiger partial charge in [-0.15, -0.1) is 0 Å². The van der Waals surface area contributed by atoms with Crippen molar-refractivity contribution in [3.05, 3.63) is 106 Å². The number of rotatable bonds is 2. The molecule has 3 aromatic rings. The molecule has 0 fully saturated rings. The highest BCUT2D eigenvalue weighted by atomic mass is 14.4. The van der Waals surface area contributed by atoms with Crippen LogP contribution in [0.5, 0.6) is 0 Å². The second-order valence-electron chi connectivity index (χ2n) is 6.54. The predicted molar refractivity (Wildman–Crippen MR) is 90.4 cm³/mol. The Kier molecular flexibility index (Phi) is 2.54. The SMILES string of the molecule is c1ccc(C2Cc3ccc2c2c3CC2c2ccccc2)cc1. The molecule has 0 N–H and O–H groups in total. The molecule has 2 atom stereocenters. The van der Waals surface area contributed by atoms with E-state index in [0.717, 1.165) is 0 Å². The summed E-state index contributed by atoms with van der Waals surface area (Å²) in [5.41, 5.74) is 9.34. The van der Waals surface area contributed by atoms with E-state index in [-0.39, 0.29) is 0 Å². The number of benzene rings is 3. The monoisotopic (exact) mass is 282 g/mol. The summed E-state index contributed by atoms with van der Waals surface area (Å²) >= 11 is 0. The lowest BCUT2D eigenvalue weighted by Crippen LogP contribution is -2.29. The van der Waals surface area contributed by atoms with Crippen LogP contribution in [0.4, 0.5) is 0 Å². The van der Waals surface area contributed by atoms with Crippen LogP contribution in [-0.4, -0.2) is 0 Å². The van der Waals surface area contributed by atoms with Gasteiger partial charge in [-0.05, 0) is 46.2 Å². The molecule has 2 bridgehead atoms. The topological polar surface area (TPSA) is 0 Å². The van der Waals surface area contributed by atoms with Crippen molar-refractivity contribution in [3.63, 3.8) is 0 Å². The summed E-state index contributed by atoms with van der Waals surface area (Å²) in [7, 11) is 0. The maximum absolute atomic E-state index is 2.38. The molecule has 106 valence electrons. The Bertz CT molecular complexity index is 831. The van der Waals surface area contributed by atoms with Crippen LogP contribution in [0.3, 0.4) is 0 Å². The minimum atomic E-state index is 0.562. The second-order valence-corrected chi connectivity index (χ2v) is 6.54. The van der Waals surface area contributed by atoms with Crippen LogP contribution >= 0.6 is 0 Å². The average Bonchev–Trinajstić information content (AvgIpc) is 2.56. The molecule has 0 radical (unpaired) electrons. The van der Waals surface area contributed by atoms with Crippen molar-refractivity contribution in [1.82, 2.24) is 0 Å². The Morgan fingerprint density at radius 2 is 1.23 bits per heavy atom. The molecule has 0 saturated carbocycles. The van der Waals surface area contributed by atoms with Gasteiger partial charge in [0.25, 0.3) is 0 Å². The van der Waals surface area contributed by atoms with Gasteiger partial charge in [0.05, 0.1) is 0 Å². The van der Waals surface area contributed by atoms with E-state index in [1.54, 1.807) is 22.3 Å². The lowest BCUT2D eigenvalue weighted by molar-refractivity contribution is 0.623. The third-order valence-electron chi connectivity index (χ3n) is 5.45.